The molecule has 1 aromatic heterocycles. The quantitative estimate of drug-likeness (QED) is 0.544. The Bertz CT molecular complexity index is 1180. The molecule has 1 saturated heterocycles. The maximum absolute atomic E-state index is 14.9. The number of aromatic amines is 1. The number of rotatable bonds is 7. The van der Waals surface area contributed by atoms with Gasteiger partial charge in [0.15, 0.2) is 0 Å². The van der Waals surface area contributed by atoms with Gasteiger partial charge in [0.1, 0.15) is 17.5 Å². The summed E-state index contributed by atoms with van der Waals surface area (Å²) in [5.41, 5.74) is 6.15. The fourth-order valence-corrected chi connectivity index (χ4v) is 4.60. The van der Waals surface area contributed by atoms with Crippen molar-refractivity contribution < 1.29 is 17.9 Å². The van der Waals surface area contributed by atoms with E-state index in [2.05, 4.69) is 15.1 Å². The van der Waals surface area contributed by atoms with Crippen LogP contribution in [0.25, 0.3) is 10.8 Å². The Balaban J connectivity index is 1.79. The van der Waals surface area contributed by atoms with E-state index in [1.807, 2.05) is 0 Å². The molecule has 1 aliphatic rings. The molecule has 2 aromatic carbocycles. The predicted molar refractivity (Wildman–Crippen MR) is 116 cm³/mol. The molecule has 170 valence electrons. The molecule has 4 rings (SSSR count). The normalized spacial score (nSPS) is 17.8. The molecular formula is C23H25F3N4O2. The molecule has 2 unspecified atom stereocenters. The van der Waals surface area contributed by atoms with E-state index in [0.717, 1.165) is 44.3 Å². The van der Waals surface area contributed by atoms with Crippen molar-refractivity contribution in [3.05, 3.63) is 69.4 Å². The van der Waals surface area contributed by atoms with Crippen LogP contribution in [-0.4, -0.2) is 48.4 Å². The van der Waals surface area contributed by atoms with Crippen molar-refractivity contribution >= 4 is 16.5 Å². The molecule has 0 bridgehead atoms. The van der Waals surface area contributed by atoms with Crippen LogP contribution in [0.4, 0.5) is 18.9 Å². The highest BCUT2D eigenvalue weighted by molar-refractivity contribution is 5.94. The zero-order valence-electron chi connectivity index (χ0n) is 17.7. The first-order chi connectivity index (χ1) is 15.4. The topological polar surface area (TPSA) is 84.2 Å². The number of anilines is 1. The fraction of sp³-hybridized carbons (Fsp3) is 0.391. The predicted octanol–water partition coefficient (Wildman–Crippen LogP) is 3.41. The monoisotopic (exact) mass is 446 g/mol. The minimum absolute atomic E-state index is 0.0492. The number of benzene rings is 2. The number of likely N-dealkylation sites (tertiary alicyclic amines) is 1. The van der Waals surface area contributed by atoms with E-state index in [1.54, 1.807) is 7.11 Å². The highest BCUT2D eigenvalue weighted by atomic mass is 19.1. The molecule has 0 spiro atoms. The van der Waals surface area contributed by atoms with Crippen molar-refractivity contribution in [2.24, 2.45) is 5.92 Å². The molecule has 0 saturated carbocycles. The van der Waals surface area contributed by atoms with Gasteiger partial charge in [0.25, 0.3) is 5.56 Å². The van der Waals surface area contributed by atoms with Gasteiger partial charge in [-0.2, -0.15) is 5.10 Å². The number of nitrogens with two attached hydrogens (primary N) is 1. The Hall–Kier alpha value is -2.91. The number of methoxy groups -OCH3 is 1. The summed E-state index contributed by atoms with van der Waals surface area (Å²) in [6.07, 6.45) is 1.41. The minimum Gasteiger partial charge on any atom is -0.398 e. The van der Waals surface area contributed by atoms with Crippen LogP contribution in [0.5, 0.6) is 0 Å². The average molecular weight is 446 g/mol. The first-order valence-corrected chi connectivity index (χ1v) is 10.5. The Kier molecular flexibility index (Phi) is 6.48. The maximum atomic E-state index is 14.9. The Morgan fingerprint density at radius 1 is 1.25 bits per heavy atom. The third kappa shape index (κ3) is 4.49. The molecule has 1 aliphatic heterocycles. The Labute approximate surface area is 183 Å². The molecule has 32 heavy (non-hydrogen) atoms. The van der Waals surface area contributed by atoms with Gasteiger partial charge < -0.3 is 15.4 Å². The van der Waals surface area contributed by atoms with E-state index >= 15 is 0 Å². The van der Waals surface area contributed by atoms with Crippen LogP contribution in [0.3, 0.4) is 0 Å². The highest BCUT2D eigenvalue weighted by Crippen LogP contribution is 2.38. The molecule has 2 heterocycles. The minimum atomic E-state index is -0.703. The van der Waals surface area contributed by atoms with Gasteiger partial charge in [-0.15, -0.1) is 0 Å². The number of H-pyrrole nitrogens is 1. The van der Waals surface area contributed by atoms with E-state index in [0.29, 0.717) is 18.7 Å². The zero-order valence-corrected chi connectivity index (χ0v) is 17.7. The van der Waals surface area contributed by atoms with Crippen molar-refractivity contribution in [2.75, 3.05) is 39.1 Å². The summed E-state index contributed by atoms with van der Waals surface area (Å²) < 4.78 is 47.6. The summed E-state index contributed by atoms with van der Waals surface area (Å²) in [6, 6.07) is 5.63. The van der Waals surface area contributed by atoms with Gasteiger partial charge >= 0.3 is 0 Å². The molecule has 0 amide bonds. The smallest absolute Gasteiger partial charge is 0.272 e. The number of ether oxygens (including phenoxy) is 1. The Morgan fingerprint density at radius 3 is 2.81 bits per heavy atom. The van der Waals surface area contributed by atoms with Crippen LogP contribution < -0.4 is 11.3 Å². The van der Waals surface area contributed by atoms with Crippen LogP contribution in [0.1, 0.15) is 30.0 Å². The first-order valence-electron chi connectivity index (χ1n) is 10.5. The van der Waals surface area contributed by atoms with Gasteiger partial charge in [0.2, 0.25) is 0 Å². The summed E-state index contributed by atoms with van der Waals surface area (Å²) in [5, 5.41) is 6.94. The summed E-state index contributed by atoms with van der Waals surface area (Å²) in [6.45, 7) is 3.11. The number of nitrogens with one attached hydrogen (secondary N) is 1. The number of hydrogen-bond donors (Lipinski definition) is 2. The molecule has 0 radical (unpaired) electrons. The largest absolute Gasteiger partial charge is 0.398 e. The molecule has 9 heteroatoms. The second kappa shape index (κ2) is 9.30. The summed E-state index contributed by atoms with van der Waals surface area (Å²) in [4.78, 5) is 14.6. The van der Waals surface area contributed by atoms with Crippen molar-refractivity contribution in [1.29, 1.82) is 0 Å². The van der Waals surface area contributed by atoms with E-state index in [4.69, 9.17) is 10.5 Å². The van der Waals surface area contributed by atoms with E-state index < -0.39 is 28.9 Å². The SMILES string of the molecule is COCCN1CCC(CC(c2ccc(F)cc2F)c2n[nH]c(=O)c3cc(F)cc(N)c23)C1. The molecule has 1 fully saturated rings. The van der Waals surface area contributed by atoms with Gasteiger partial charge in [-0.25, -0.2) is 18.3 Å². The molecule has 2 atom stereocenters. The van der Waals surface area contributed by atoms with Crippen LogP contribution in [0.2, 0.25) is 0 Å². The second-order valence-corrected chi connectivity index (χ2v) is 8.26. The van der Waals surface area contributed by atoms with E-state index in [9.17, 15) is 18.0 Å². The third-order valence-corrected chi connectivity index (χ3v) is 6.13. The lowest BCUT2D eigenvalue weighted by molar-refractivity contribution is 0.158. The lowest BCUT2D eigenvalue weighted by Crippen LogP contribution is -2.25. The van der Waals surface area contributed by atoms with Crippen molar-refractivity contribution in [1.82, 2.24) is 15.1 Å². The van der Waals surface area contributed by atoms with Gasteiger partial charge in [-0.05, 0) is 49.1 Å². The lowest BCUT2D eigenvalue weighted by atomic mass is 9.83. The van der Waals surface area contributed by atoms with Crippen molar-refractivity contribution in [3.8, 4) is 0 Å². The van der Waals surface area contributed by atoms with Crippen LogP contribution in [0, 0.1) is 23.4 Å². The summed E-state index contributed by atoms with van der Waals surface area (Å²) in [7, 11) is 1.65. The summed E-state index contributed by atoms with van der Waals surface area (Å²) in [5.74, 6) is -2.42. The first kappa shape index (κ1) is 22.3. The number of hydrogen-bond acceptors (Lipinski definition) is 5. The van der Waals surface area contributed by atoms with Gasteiger partial charge in [-0.3, -0.25) is 4.79 Å². The fourth-order valence-electron chi connectivity index (χ4n) is 4.60. The van der Waals surface area contributed by atoms with Gasteiger partial charge in [0, 0.05) is 43.3 Å². The van der Waals surface area contributed by atoms with E-state index in [1.165, 1.54) is 12.1 Å². The Morgan fingerprint density at radius 2 is 2.06 bits per heavy atom. The number of halogens is 3. The van der Waals surface area contributed by atoms with E-state index in [-0.39, 0.29) is 27.9 Å². The zero-order chi connectivity index (χ0) is 22.8. The molecule has 3 aromatic rings. The van der Waals surface area contributed by atoms with Crippen LogP contribution >= 0.6 is 0 Å². The summed E-state index contributed by atoms with van der Waals surface area (Å²) >= 11 is 0. The maximum Gasteiger partial charge on any atom is 0.272 e. The molecule has 3 N–H and O–H groups in total. The molecule has 6 nitrogen and oxygen atoms in total. The van der Waals surface area contributed by atoms with Crippen molar-refractivity contribution in [3.63, 3.8) is 0 Å². The van der Waals surface area contributed by atoms with Gasteiger partial charge in [0.05, 0.1) is 17.7 Å². The number of fused-ring (bicyclic) bond motifs is 1. The number of aromatic nitrogens is 2. The highest BCUT2D eigenvalue weighted by Gasteiger charge is 2.30. The second-order valence-electron chi connectivity index (χ2n) is 8.26. The number of nitrogen functional groups attached to an aromatic ring is 1. The number of nitrogens with zero attached hydrogens (tertiary/aromatic N) is 2. The van der Waals surface area contributed by atoms with Crippen LogP contribution in [-0.2, 0) is 4.74 Å². The lowest BCUT2D eigenvalue weighted by Gasteiger charge is -2.23. The average Bonchev–Trinajstić information content (AvgIpc) is 3.19. The standard InChI is InChI=1S/C23H25F3N4O2/c1-32-7-6-30-5-4-13(12-30)8-17(16-3-2-14(24)10-19(16)26)22-21-18(23(31)29-28-22)9-15(25)11-20(21)27/h2-3,9-11,13,17H,4-8,12,27H2,1H3,(H,29,31). The third-order valence-electron chi connectivity index (χ3n) is 6.13. The van der Waals surface area contributed by atoms with Crippen LogP contribution in [0.15, 0.2) is 35.1 Å². The molecular weight excluding hydrogens is 421 g/mol. The van der Waals surface area contributed by atoms with Gasteiger partial charge in [-0.1, -0.05) is 6.07 Å². The molecule has 0 aliphatic carbocycles. The van der Waals surface area contributed by atoms with Crippen molar-refractivity contribution in [2.45, 2.75) is 18.8 Å².